The van der Waals surface area contributed by atoms with Crippen LogP contribution >= 0.6 is 0 Å². The zero-order chi connectivity index (χ0) is 22.7. The number of para-hydroxylation sites is 3. The lowest BCUT2D eigenvalue weighted by Gasteiger charge is -2.28. The van der Waals surface area contributed by atoms with Crippen LogP contribution in [-0.2, 0) is 11.3 Å². The molecule has 164 valence electrons. The predicted octanol–water partition coefficient (Wildman–Crippen LogP) is 4.56. The Morgan fingerprint density at radius 1 is 1.00 bits per heavy atom. The summed E-state index contributed by atoms with van der Waals surface area (Å²) >= 11 is 0. The van der Waals surface area contributed by atoms with Gasteiger partial charge in [-0.1, -0.05) is 30.3 Å². The highest BCUT2D eigenvalue weighted by Crippen LogP contribution is 2.23. The van der Waals surface area contributed by atoms with E-state index < -0.39 is 6.04 Å². The first-order valence-electron chi connectivity index (χ1n) is 10.6. The van der Waals surface area contributed by atoms with Gasteiger partial charge >= 0.3 is 0 Å². The van der Waals surface area contributed by atoms with Gasteiger partial charge in [0, 0.05) is 11.7 Å². The number of nitrogens with zero attached hydrogens (tertiary/aromatic N) is 3. The molecule has 0 saturated carbocycles. The van der Waals surface area contributed by atoms with Crippen molar-refractivity contribution in [3.05, 3.63) is 84.6 Å². The average Bonchev–Trinajstić information content (AvgIpc) is 3.43. The predicted molar refractivity (Wildman–Crippen MR) is 123 cm³/mol. The number of furan rings is 1. The Labute approximate surface area is 186 Å². The number of imidazole rings is 1. The number of nitrogens with one attached hydrogen (secondary N) is 1. The van der Waals surface area contributed by atoms with Crippen LogP contribution in [0.3, 0.4) is 0 Å². The third kappa shape index (κ3) is 4.27. The van der Waals surface area contributed by atoms with Crippen LogP contribution in [-0.4, -0.2) is 27.4 Å². The van der Waals surface area contributed by atoms with Crippen molar-refractivity contribution >= 4 is 28.5 Å². The highest BCUT2D eigenvalue weighted by atomic mass is 16.3. The highest BCUT2D eigenvalue weighted by Gasteiger charge is 2.24. The molecule has 2 aromatic heterocycles. The molecule has 32 heavy (non-hydrogen) atoms. The summed E-state index contributed by atoms with van der Waals surface area (Å²) in [6.45, 7) is 5.93. The number of fused-ring (bicyclic) bond motifs is 1. The smallest absolute Gasteiger partial charge is 0.287 e. The van der Waals surface area contributed by atoms with E-state index in [1.807, 2.05) is 79.9 Å². The molecule has 0 radical (unpaired) electrons. The topological polar surface area (TPSA) is 80.4 Å². The van der Waals surface area contributed by atoms with Crippen LogP contribution in [0.1, 0.15) is 43.2 Å². The fourth-order valence-electron chi connectivity index (χ4n) is 3.86. The number of amides is 2. The fourth-order valence-corrected chi connectivity index (χ4v) is 3.86. The second-order valence-corrected chi connectivity index (χ2v) is 7.91. The standard InChI is InChI=1S/C25H26N4O3/c1-17(2)29(19-10-5-4-6-11-19)23(30)16-28-21-13-8-7-12-20(21)27-24(28)18(3)26-25(31)22-14-9-15-32-22/h4-15,17-18H,16H2,1-3H3,(H,26,31)/t18-/m0/s1. The normalized spacial score (nSPS) is 12.1. The molecule has 2 aromatic carbocycles. The Kier molecular flexibility index (Phi) is 6.07. The summed E-state index contributed by atoms with van der Waals surface area (Å²) in [6, 6.07) is 20.1. The van der Waals surface area contributed by atoms with E-state index in [2.05, 4.69) is 5.32 Å². The van der Waals surface area contributed by atoms with Gasteiger partial charge in [0.15, 0.2) is 5.76 Å². The minimum Gasteiger partial charge on any atom is -0.459 e. The highest BCUT2D eigenvalue weighted by molar-refractivity contribution is 5.95. The minimum absolute atomic E-state index is 0.0146. The molecule has 0 aliphatic carbocycles. The summed E-state index contributed by atoms with van der Waals surface area (Å²) in [5, 5.41) is 2.92. The zero-order valence-corrected chi connectivity index (χ0v) is 18.4. The first-order chi connectivity index (χ1) is 15.5. The van der Waals surface area contributed by atoms with Crippen molar-refractivity contribution in [1.82, 2.24) is 14.9 Å². The summed E-state index contributed by atoms with van der Waals surface area (Å²) in [5.41, 5.74) is 2.45. The number of hydrogen-bond donors (Lipinski definition) is 1. The zero-order valence-electron chi connectivity index (χ0n) is 18.4. The van der Waals surface area contributed by atoms with E-state index in [4.69, 9.17) is 9.40 Å². The van der Waals surface area contributed by atoms with Crippen molar-refractivity contribution < 1.29 is 14.0 Å². The van der Waals surface area contributed by atoms with Crippen molar-refractivity contribution in [1.29, 1.82) is 0 Å². The average molecular weight is 431 g/mol. The molecule has 4 aromatic rings. The molecule has 0 aliphatic rings. The molecule has 0 spiro atoms. The van der Waals surface area contributed by atoms with E-state index in [0.717, 1.165) is 16.7 Å². The third-order valence-electron chi connectivity index (χ3n) is 5.28. The lowest BCUT2D eigenvalue weighted by Crippen LogP contribution is -2.40. The van der Waals surface area contributed by atoms with Gasteiger partial charge in [-0.15, -0.1) is 0 Å². The Hall–Kier alpha value is -3.87. The van der Waals surface area contributed by atoms with Gasteiger partial charge in [0.2, 0.25) is 5.91 Å². The summed E-state index contributed by atoms with van der Waals surface area (Å²) in [7, 11) is 0. The molecule has 7 heteroatoms. The van der Waals surface area contributed by atoms with E-state index in [-0.39, 0.29) is 30.2 Å². The van der Waals surface area contributed by atoms with E-state index in [1.165, 1.54) is 6.26 Å². The fraction of sp³-hybridized carbons (Fsp3) is 0.240. The number of carbonyl (C=O) groups is 2. The Bertz CT molecular complexity index is 1210. The SMILES string of the molecule is CC(C)N(C(=O)Cn1c([C@H](C)NC(=O)c2ccco2)nc2ccccc21)c1ccccc1. The van der Waals surface area contributed by atoms with Crippen molar-refractivity contribution in [3.8, 4) is 0 Å². The molecule has 7 nitrogen and oxygen atoms in total. The van der Waals surface area contributed by atoms with Crippen LogP contribution < -0.4 is 10.2 Å². The number of aromatic nitrogens is 2. The molecule has 4 rings (SSSR count). The van der Waals surface area contributed by atoms with Crippen LogP contribution in [0.2, 0.25) is 0 Å². The van der Waals surface area contributed by atoms with E-state index >= 15 is 0 Å². The Morgan fingerprint density at radius 3 is 2.41 bits per heavy atom. The molecule has 2 heterocycles. The van der Waals surface area contributed by atoms with Crippen LogP contribution in [0.15, 0.2) is 77.4 Å². The minimum atomic E-state index is -0.433. The van der Waals surface area contributed by atoms with Gasteiger partial charge < -0.3 is 19.2 Å². The maximum Gasteiger partial charge on any atom is 0.287 e. The van der Waals surface area contributed by atoms with Gasteiger partial charge in [-0.25, -0.2) is 4.98 Å². The van der Waals surface area contributed by atoms with Gasteiger partial charge in [-0.05, 0) is 57.2 Å². The van der Waals surface area contributed by atoms with Crippen molar-refractivity contribution in [2.24, 2.45) is 0 Å². The second kappa shape index (κ2) is 9.09. The Morgan fingerprint density at radius 2 is 1.72 bits per heavy atom. The third-order valence-corrected chi connectivity index (χ3v) is 5.28. The lowest BCUT2D eigenvalue weighted by molar-refractivity contribution is -0.119. The van der Waals surface area contributed by atoms with Crippen LogP contribution in [0.5, 0.6) is 0 Å². The largest absolute Gasteiger partial charge is 0.459 e. The molecule has 1 atom stereocenters. The van der Waals surface area contributed by atoms with Crippen molar-refractivity contribution in [2.45, 2.75) is 39.4 Å². The molecule has 2 amide bonds. The van der Waals surface area contributed by atoms with Gasteiger partial charge in [-0.2, -0.15) is 0 Å². The van der Waals surface area contributed by atoms with Gasteiger partial charge in [0.1, 0.15) is 12.4 Å². The summed E-state index contributed by atoms with van der Waals surface area (Å²) in [5.74, 6) is 0.447. The number of benzene rings is 2. The van der Waals surface area contributed by atoms with Crippen LogP contribution in [0.4, 0.5) is 5.69 Å². The van der Waals surface area contributed by atoms with E-state index in [0.29, 0.717) is 5.82 Å². The van der Waals surface area contributed by atoms with Gasteiger partial charge in [0.25, 0.3) is 5.91 Å². The van der Waals surface area contributed by atoms with Crippen LogP contribution in [0, 0.1) is 0 Å². The molecule has 1 N–H and O–H groups in total. The molecular formula is C25H26N4O3. The maximum atomic E-state index is 13.5. The number of hydrogen-bond acceptors (Lipinski definition) is 4. The molecule has 0 aliphatic heterocycles. The molecule has 0 fully saturated rings. The number of rotatable bonds is 7. The van der Waals surface area contributed by atoms with E-state index in [9.17, 15) is 9.59 Å². The number of carbonyl (C=O) groups excluding carboxylic acids is 2. The summed E-state index contributed by atoms with van der Waals surface area (Å²) < 4.78 is 7.07. The first-order valence-corrected chi connectivity index (χ1v) is 10.6. The van der Waals surface area contributed by atoms with E-state index in [1.54, 1.807) is 17.0 Å². The molecule has 0 bridgehead atoms. The second-order valence-electron chi connectivity index (χ2n) is 7.91. The summed E-state index contributed by atoms with van der Waals surface area (Å²) in [4.78, 5) is 32.5. The first kappa shape index (κ1) is 21.4. The van der Waals surface area contributed by atoms with Gasteiger partial charge in [-0.3, -0.25) is 9.59 Å². The quantitative estimate of drug-likeness (QED) is 0.466. The maximum absolute atomic E-state index is 13.5. The van der Waals surface area contributed by atoms with Crippen molar-refractivity contribution in [3.63, 3.8) is 0 Å². The molecule has 0 unspecified atom stereocenters. The van der Waals surface area contributed by atoms with Crippen molar-refractivity contribution in [2.75, 3.05) is 4.90 Å². The number of anilines is 1. The molecule has 0 saturated heterocycles. The van der Waals surface area contributed by atoms with Gasteiger partial charge in [0.05, 0.1) is 23.3 Å². The molecular weight excluding hydrogens is 404 g/mol. The van der Waals surface area contributed by atoms with Crippen LogP contribution in [0.25, 0.3) is 11.0 Å². The monoisotopic (exact) mass is 430 g/mol. The summed E-state index contributed by atoms with van der Waals surface area (Å²) in [6.07, 6.45) is 1.46. The lowest BCUT2D eigenvalue weighted by atomic mass is 10.2. The Balaban J connectivity index is 1.67.